The summed E-state index contributed by atoms with van der Waals surface area (Å²) in [6, 6.07) is 186. The van der Waals surface area contributed by atoms with E-state index in [-0.39, 0.29) is 0 Å². The maximum absolute atomic E-state index is 6.34. The van der Waals surface area contributed by atoms with Gasteiger partial charge in [-0.1, -0.05) is 340 Å². The molecule has 22 aromatic carbocycles. The molecule has 4 aromatic heterocycles. The van der Waals surface area contributed by atoms with Gasteiger partial charge in [0.25, 0.3) is 0 Å². The minimum absolute atomic E-state index is 0.890. The number of furan rings is 2. The maximum Gasteiger partial charge on any atom is 0.136 e. The van der Waals surface area contributed by atoms with E-state index in [1.165, 1.54) is 60.0 Å². The SMILES string of the molecule is c1cc(-c2ccc(-c3ccc4c(c3)c3ccccc3n4-c3ccc(-c4ccc(N(c5ccc(-c6cccc(-c7cccc8oc9ccccc9c78)c6)cc5)c5ccc(-c6cccc7ccccc67)cc5)cc4)cc3)cc2)cc(-c2ccc(N(c3ccc(-c4ccc(-n5c6ccccc6c6ccccc65)cc4)cc3)c3ccc(-c4cccc(-c5cccc6oc7ccccc7c56)c4)cc3)cc2)c1. The number of hydrogen-bond acceptors (Lipinski definition) is 4. The molecule has 0 aliphatic heterocycles. The molecule has 0 bridgehead atoms. The topological polar surface area (TPSA) is 42.6 Å². The van der Waals surface area contributed by atoms with Crippen molar-refractivity contribution in [3.8, 4) is 123 Å². The van der Waals surface area contributed by atoms with Crippen molar-refractivity contribution in [2.75, 3.05) is 9.80 Å². The van der Waals surface area contributed by atoms with E-state index in [0.717, 1.165) is 195 Å². The van der Waals surface area contributed by atoms with Crippen LogP contribution in [-0.2, 0) is 0 Å². The second-order valence-corrected chi connectivity index (χ2v) is 35.4. The number of para-hydroxylation sites is 5. The average Bonchev–Trinajstić information content (AvgIpc) is 1.57. The van der Waals surface area contributed by atoms with Gasteiger partial charge in [-0.25, -0.2) is 0 Å². The molecule has 0 radical (unpaired) electrons. The molecule has 0 atom stereocenters. The molecular formula is C130H84N4O2. The van der Waals surface area contributed by atoms with Gasteiger partial charge in [-0.2, -0.15) is 0 Å². The molecule has 4 heterocycles. The zero-order chi connectivity index (χ0) is 89.7. The summed E-state index contributed by atoms with van der Waals surface area (Å²) in [7, 11) is 0. The maximum atomic E-state index is 6.34. The van der Waals surface area contributed by atoms with Crippen LogP contribution in [0.1, 0.15) is 0 Å². The molecule has 136 heavy (non-hydrogen) atoms. The molecule has 6 nitrogen and oxygen atoms in total. The summed E-state index contributed by atoms with van der Waals surface area (Å²) in [5, 5.41) is 11.9. The lowest BCUT2D eigenvalue weighted by molar-refractivity contribution is 0.668. The number of anilines is 6. The van der Waals surface area contributed by atoms with Crippen LogP contribution in [-0.4, -0.2) is 9.13 Å². The van der Waals surface area contributed by atoms with Crippen molar-refractivity contribution >= 4 is 132 Å². The first-order valence-corrected chi connectivity index (χ1v) is 46.5. The van der Waals surface area contributed by atoms with E-state index in [0.29, 0.717) is 0 Å². The third kappa shape index (κ3) is 14.0. The Morgan fingerprint density at radius 3 is 0.794 bits per heavy atom. The Morgan fingerprint density at radius 2 is 0.397 bits per heavy atom. The molecule has 0 aliphatic rings. The van der Waals surface area contributed by atoms with Crippen molar-refractivity contribution in [3.63, 3.8) is 0 Å². The Hall–Kier alpha value is -18.1. The Kier molecular flexibility index (Phi) is 19.2. The van der Waals surface area contributed by atoms with Crippen LogP contribution in [0.15, 0.2) is 518 Å². The highest BCUT2D eigenvalue weighted by Crippen LogP contribution is 2.47. The number of rotatable bonds is 18. The molecule has 0 unspecified atom stereocenters. The van der Waals surface area contributed by atoms with Crippen molar-refractivity contribution in [1.82, 2.24) is 9.13 Å². The van der Waals surface area contributed by atoms with Gasteiger partial charge >= 0.3 is 0 Å². The second-order valence-electron chi connectivity index (χ2n) is 35.4. The third-order valence-corrected chi connectivity index (χ3v) is 27.6. The van der Waals surface area contributed by atoms with Gasteiger partial charge in [0.2, 0.25) is 0 Å². The van der Waals surface area contributed by atoms with Crippen molar-refractivity contribution in [3.05, 3.63) is 510 Å². The summed E-state index contributed by atoms with van der Waals surface area (Å²) < 4.78 is 17.4. The molecule has 0 spiro atoms. The van der Waals surface area contributed by atoms with E-state index < -0.39 is 0 Å². The van der Waals surface area contributed by atoms with Gasteiger partial charge in [0.05, 0.1) is 22.1 Å². The minimum Gasteiger partial charge on any atom is -0.456 e. The van der Waals surface area contributed by atoms with Gasteiger partial charge < -0.3 is 27.8 Å². The van der Waals surface area contributed by atoms with Crippen LogP contribution in [0.25, 0.3) is 221 Å². The highest BCUT2D eigenvalue weighted by molar-refractivity contribution is 6.15. The van der Waals surface area contributed by atoms with Crippen molar-refractivity contribution in [2.24, 2.45) is 0 Å². The fraction of sp³-hybridized carbons (Fsp3) is 0. The minimum atomic E-state index is 0.890. The molecule has 636 valence electrons. The summed E-state index contributed by atoms with van der Waals surface area (Å²) >= 11 is 0. The number of fused-ring (bicyclic) bond motifs is 13. The van der Waals surface area contributed by atoms with Gasteiger partial charge in [-0.3, -0.25) is 0 Å². The highest BCUT2D eigenvalue weighted by Gasteiger charge is 2.23. The predicted octanol–water partition coefficient (Wildman–Crippen LogP) is 36.4. The fourth-order valence-corrected chi connectivity index (χ4v) is 20.9. The van der Waals surface area contributed by atoms with Crippen LogP contribution in [0.4, 0.5) is 34.1 Å². The third-order valence-electron chi connectivity index (χ3n) is 27.6. The van der Waals surface area contributed by atoms with E-state index in [1.807, 2.05) is 24.3 Å². The van der Waals surface area contributed by atoms with Crippen molar-refractivity contribution in [1.29, 1.82) is 0 Å². The Morgan fingerprint density at radius 1 is 0.147 bits per heavy atom. The van der Waals surface area contributed by atoms with Crippen molar-refractivity contribution in [2.45, 2.75) is 0 Å². The fourth-order valence-electron chi connectivity index (χ4n) is 20.9. The van der Waals surface area contributed by atoms with Crippen LogP contribution in [0.3, 0.4) is 0 Å². The lowest BCUT2D eigenvalue weighted by Crippen LogP contribution is -2.09. The summed E-state index contributed by atoms with van der Waals surface area (Å²) in [5.74, 6) is 0. The van der Waals surface area contributed by atoms with Gasteiger partial charge in [-0.05, 0) is 292 Å². The first kappa shape index (κ1) is 78.9. The first-order valence-electron chi connectivity index (χ1n) is 46.5. The lowest BCUT2D eigenvalue weighted by atomic mass is 9.95. The Balaban J connectivity index is 0.466. The van der Waals surface area contributed by atoms with Gasteiger partial charge in [0, 0.05) is 88.6 Å². The zero-order valence-electron chi connectivity index (χ0n) is 74.1. The predicted molar refractivity (Wildman–Crippen MR) is 571 cm³/mol. The van der Waals surface area contributed by atoms with Crippen molar-refractivity contribution < 1.29 is 8.83 Å². The summed E-state index contributed by atoms with van der Waals surface area (Å²) in [6.07, 6.45) is 0. The summed E-state index contributed by atoms with van der Waals surface area (Å²) in [4.78, 5) is 4.73. The van der Waals surface area contributed by atoms with Crippen LogP contribution >= 0.6 is 0 Å². The second kappa shape index (κ2) is 33.1. The number of nitrogens with zero attached hydrogens (tertiary/aromatic N) is 4. The molecule has 0 saturated carbocycles. The molecule has 26 aromatic rings. The Labute approximate surface area is 786 Å². The molecular weight excluding hydrogens is 1650 g/mol. The zero-order valence-corrected chi connectivity index (χ0v) is 74.1. The van der Waals surface area contributed by atoms with E-state index in [2.05, 4.69) is 504 Å². The highest BCUT2D eigenvalue weighted by atomic mass is 16.3. The van der Waals surface area contributed by atoms with Crippen LogP contribution in [0, 0.1) is 0 Å². The van der Waals surface area contributed by atoms with Crippen LogP contribution in [0.5, 0.6) is 0 Å². The molecule has 0 amide bonds. The monoisotopic (exact) mass is 1730 g/mol. The number of aromatic nitrogens is 2. The van der Waals surface area contributed by atoms with E-state index in [1.54, 1.807) is 0 Å². The summed E-state index contributed by atoms with van der Waals surface area (Å²) in [6.45, 7) is 0. The van der Waals surface area contributed by atoms with E-state index >= 15 is 0 Å². The largest absolute Gasteiger partial charge is 0.456 e. The number of benzene rings is 22. The summed E-state index contributed by atoms with van der Waals surface area (Å²) in [5.41, 5.74) is 39.9. The molecule has 0 aliphatic carbocycles. The van der Waals surface area contributed by atoms with E-state index in [9.17, 15) is 0 Å². The average molecular weight is 1730 g/mol. The molecule has 0 fully saturated rings. The van der Waals surface area contributed by atoms with Gasteiger partial charge in [0.15, 0.2) is 0 Å². The van der Waals surface area contributed by atoms with Crippen LogP contribution in [0.2, 0.25) is 0 Å². The Bertz CT molecular complexity index is 9040. The van der Waals surface area contributed by atoms with Crippen LogP contribution < -0.4 is 9.80 Å². The molecule has 6 heteroatoms. The standard InChI is InChI=1S/C130H84N4O2/c1-2-27-111-94(19-1)20-16-33-112(111)95-61-78-108(79-62-95)132(107-72-59-93(60-73-107)99-24-15-26-102(83-99)114-35-18-42-128-130(114)119-32-7-12-40-126(119)136-128)104-66-49-86(50-67-104)88-53-76-110(77-54-88)134-123-38-10-5-30-117(123)120-84-100(63-80-124(120)134)90-45-43-89(44-46-90)96-21-13-22-97(81-96)91-55-68-105(69-56-91)131(103-64-47-85(48-65-103)87-51-74-109(75-52-87)133-121-36-8-3-28-115(121)116-29-4-9-37-122(116)133)106-70-57-92(58-71-106)98-23-14-25-101(82-98)113-34-17-41-127-129(113)118-31-6-11-39-125(118)135-127/h1-84H. The first-order chi connectivity index (χ1) is 67.4. The quantitative estimate of drug-likeness (QED) is 0.0859. The van der Waals surface area contributed by atoms with E-state index in [4.69, 9.17) is 8.83 Å². The normalized spacial score (nSPS) is 11.7. The lowest BCUT2D eigenvalue weighted by Gasteiger charge is -2.26. The number of hydrogen-bond donors (Lipinski definition) is 0. The van der Waals surface area contributed by atoms with Gasteiger partial charge in [-0.15, -0.1) is 0 Å². The molecule has 0 N–H and O–H groups in total. The van der Waals surface area contributed by atoms with Gasteiger partial charge in [0.1, 0.15) is 22.3 Å². The smallest absolute Gasteiger partial charge is 0.136 e. The molecule has 0 saturated heterocycles. The molecule has 26 rings (SSSR count).